The van der Waals surface area contributed by atoms with E-state index in [9.17, 15) is 0 Å². The van der Waals surface area contributed by atoms with Crippen LogP contribution in [0.4, 0.5) is 0 Å². The molecule has 0 aromatic carbocycles. The summed E-state index contributed by atoms with van der Waals surface area (Å²) in [4.78, 5) is 4.16. The fraction of sp³-hybridized carbons (Fsp3) is 0. The molecule has 2 heterocycles. The van der Waals surface area contributed by atoms with E-state index in [1.807, 2.05) is 30.4 Å². The number of pyridine rings is 1. The molecule has 0 fully saturated rings. The van der Waals surface area contributed by atoms with Gasteiger partial charge in [-0.15, -0.1) is 0 Å². The monoisotopic (exact) mass is 143 g/mol. The average Bonchev–Trinajstić information content (AvgIpc) is 2.58. The minimum absolute atomic E-state index is 0.928. The van der Waals surface area contributed by atoms with Crippen molar-refractivity contribution in [1.29, 1.82) is 0 Å². The van der Waals surface area contributed by atoms with Crippen molar-refractivity contribution < 1.29 is 0 Å². The molecule has 1 aromatic heterocycles. The van der Waals surface area contributed by atoms with Crippen molar-refractivity contribution in [3.63, 3.8) is 0 Å². The Morgan fingerprint density at radius 3 is 2.82 bits per heavy atom. The third kappa shape index (κ3) is 1.15. The fourth-order valence-electron chi connectivity index (χ4n) is 0.966. The number of nitrogens with zero attached hydrogens (tertiary/aromatic N) is 2. The van der Waals surface area contributed by atoms with E-state index in [0.717, 1.165) is 11.4 Å². The summed E-state index contributed by atoms with van der Waals surface area (Å²) >= 11 is 0. The maximum Gasteiger partial charge on any atom is 0.0886 e. The second-order valence-electron chi connectivity index (χ2n) is 2.24. The fourth-order valence-corrected chi connectivity index (χ4v) is 0.966. The number of allylic oxidation sites excluding steroid dienone is 2. The van der Waals surface area contributed by atoms with Crippen LogP contribution in [-0.4, -0.2) is 4.98 Å². The summed E-state index contributed by atoms with van der Waals surface area (Å²) in [7, 11) is 0. The van der Waals surface area contributed by atoms with E-state index in [1.165, 1.54) is 0 Å². The molecule has 2 rings (SSSR count). The summed E-state index contributed by atoms with van der Waals surface area (Å²) in [5.41, 5.74) is 1.86. The minimum atomic E-state index is 0.928. The standard InChI is InChI=1S/C9H7N2/c1-2-6-10-8(4-1)9-5-3-7-11-9/h1-7H. The van der Waals surface area contributed by atoms with Gasteiger partial charge < -0.3 is 0 Å². The van der Waals surface area contributed by atoms with Crippen LogP contribution in [0.3, 0.4) is 0 Å². The van der Waals surface area contributed by atoms with Crippen molar-refractivity contribution in [2.75, 3.05) is 0 Å². The van der Waals surface area contributed by atoms with Crippen LogP contribution < -0.4 is 5.32 Å². The van der Waals surface area contributed by atoms with Gasteiger partial charge in [0.05, 0.1) is 11.4 Å². The zero-order chi connectivity index (χ0) is 7.52. The summed E-state index contributed by atoms with van der Waals surface area (Å²) in [5, 5.41) is 4.12. The first-order valence-electron chi connectivity index (χ1n) is 3.46. The molecule has 1 radical (unpaired) electrons. The Balaban J connectivity index is 2.31. The summed E-state index contributed by atoms with van der Waals surface area (Å²) in [5.74, 6) is 0. The summed E-state index contributed by atoms with van der Waals surface area (Å²) in [6.45, 7) is 0. The molecule has 0 bridgehead atoms. The Bertz CT molecular complexity index is 299. The van der Waals surface area contributed by atoms with Crippen LogP contribution in [0.15, 0.2) is 42.7 Å². The van der Waals surface area contributed by atoms with Gasteiger partial charge in [-0.3, -0.25) is 10.3 Å². The highest BCUT2D eigenvalue weighted by Crippen LogP contribution is 2.12. The molecule has 0 aliphatic carbocycles. The van der Waals surface area contributed by atoms with Crippen LogP contribution in [0.5, 0.6) is 0 Å². The van der Waals surface area contributed by atoms with Gasteiger partial charge >= 0.3 is 0 Å². The number of rotatable bonds is 1. The Morgan fingerprint density at radius 2 is 2.18 bits per heavy atom. The van der Waals surface area contributed by atoms with E-state index in [1.54, 1.807) is 12.4 Å². The van der Waals surface area contributed by atoms with Crippen molar-refractivity contribution >= 4 is 5.70 Å². The predicted molar refractivity (Wildman–Crippen MR) is 43.5 cm³/mol. The zero-order valence-electron chi connectivity index (χ0n) is 5.94. The maximum absolute atomic E-state index is 4.16. The summed E-state index contributed by atoms with van der Waals surface area (Å²) in [6, 6.07) is 5.80. The molecule has 1 aromatic rings. The van der Waals surface area contributed by atoms with Crippen molar-refractivity contribution in [2.45, 2.75) is 0 Å². The van der Waals surface area contributed by atoms with Crippen molar-refractivity contribution in [1.82, 2.24) is 10.3 Å². The Kier molecular flexibility index (Phi) is 1.44. The molecular formula is C9H7N2. The van der Waals surface area contributed by atoms with E-state index >= 15 is 0 Å². The topological polar surface area (TPSA) is 27.0 Å². The Morgan fingerprint density at radius 1 is 1.18 bits per heavy atom. The smallest absolute Gasteiger partial charge is 0.0886 e. The number of hydrogen-bond donors (Lipinski definition) is 0. The molecule has 0 unspecified atom stereocenters. The lowest BCUT2D eigenvalue weighted by Crippen LogP contribution is -1.93. The first kappa shape index (κ1) is 6.16. The van der Waals surface area contributed by atoms with Gasteiger partial charge in [0.15, 0.2) is 0 Å². The predicted octanol–water partition coefficient (Wildman–Crippen LogP) is 1.55. The molecule has 0 spiro atoms. The highest BCUT2D eigenvalue weighted by atomic mass is 14.9. The van der Waals surface area contributed by atoms with Crippen molar-refractivity contribution in [3.05, 3.63) is 48.4 Å². The van der Waals surface area contributed by atoms with Gasteiger partial charge in [-0.25, -0.2) is 0 Å². The van der Waals surface area contributed by atoms with Crippen LogP contribution >= 0.6 is 0 Å². The molecule has 1 aliphatic heterocycles. The van der Waals surface area contributed by atoms with E-state index in [0.29, 0.717) is 0 Å². The second-order valence-corrected chi connectivity index (χ2v) is 2.24. The molecule has 11 heavy (non-hydrogen) atoms. The third-order valence-electron chi connectivity index (χ3n) is 1.48. The van der Waals surface area contributed by atoms with E-state index in [2.05, 4.69) is 10.3 Å². The van der Waals surface area contributed by atoms with Gasteiger partial charge in [0.1, 0.15) is 0 Å². The molecule has 0 amide bonds. The zero-order valence-corrected chi connectivity index (χ0v) is 5.94. The first-order chi connectivity index (χ1) is 5.47. The van der Waals surface area contributed by atoms with Crippen LogP contribution in [0.1, 0.15) is 5.69 Å². The largest absolute Gasteiger partial charge is 0.255 e. The number of aromatic nitrogens is 1. The molecule has 1 aliphatic rings. The normalized spacial score (nSPS) is 14.4. The Hall–Kier alpha value is -1.57. The van der Waals surface area contributed by atoms with E-state index < -0.39 is 0 Å². The van der Waals surface area contributed by atoms with E-state index in [-0.39, 0.29) is 0 Å². The van der Waals surface area contributed by atoms with Gasteiger partial charge in [-0.05, 0) is 24.3 Å². The van der Waals surface area contributed by atoms with Gasteiger partial charge in [-0.1, -0.05) is 6.07 Å². The summed E-state index contributed by atoms with van der Waals surface area (Å²) < 4.78 is 0. The SMILES string of the molecule is C1=C[N]C(c2ccccn2)=C1. The lowest BCUT2D eigenvalue weighted by molar-refractivity contribution is 1.16. The van der Waals surface area contributed by atoms with Gasteiger partial charge in [-0.2, -0.15) is 0 Å². The third-order valence-corrected chi connectivity index (χ3v) is 1.48. The Labute approximate surface area is 65.3 Å². The van der Waals surface area contributed by atoms with E-state index in [4.69, 9.17) is 0 Å². The maximum atomic E-state index is 4.16. The molecule has 53 valence electrons. The second kappa shape index (κ2) is 2.58. The van der Waals surface area contributed by atoms with Crippen molar-refractivity contribution in [3.8, 4) is 0 Å². The molecule has 0 saturated heterocycles. The molecule has 0 N–H and O–H groups in total. The number of hydrogen-bond acceptors (Lipinski definition) is 1. The average molecular weight is 143 g/mol. The van der Waals surface area contributed by atoms with Crippen LogP contribution in [0.2, 0.25) is 0 Å². The lowest BCUT2D eigenvalue weighted by Gasteiger charge is -1.97. The molecule has 0 saturated carbocycles. The first-order valence-corrected chi connectivity index (χ1v) is 3.46. The lowest BCUT2D eigenvalue weighted by atomic mass is 10.3. The van der Waals surface area contributed by atoms with Gasteiger partial charge in [0.25, 0.3) is 0 Å². The minimum Gasteiger partial charge on any atom is -0.255 e. The van der Waals surface area contributed by atoms with Crippen LogP contribution in [0.25, 0.3) is 5.70 Å². The van der Waals surface area contributed by atoms with Crippen LogP contribution in [0, 0.1) is 0 Å². The highest BCUT2D eigenvalue weighted by molar-refractivity contribution is 5.65. The summed E-state index contributed by atoms with van der Waals surface area (Å²) in [6.07, 6.45) is 7.39. The van der Waals surface area contributed by atoms with Gasteiger partial charge in [0, 0.05) is 12.4 Å². The molecule has 0 atom stereocenters. The molecular weight excluding hydrogens is 136 g/mol. The quantitative estimate of drug-likeness (QED) is 0.586. The van der Waals surface area contributed by atoms with Crippen molar-refractivity contribution in [2.24, 2.45) is 0 Å². The molecule has 2 heteroatoms. The van der Waals surface area contributed by atoms with Gasteiger partial charge in [0.2, 0.25) is 0 Å². The van der Waals surface area contributed by atoms with Crippen LogP contribution in [-0.2, 0) is 0 Å². The highest BCUT2D eigenvalue weighted by Gasteiger charge is 2.02. The molecule has 2 nitrogen and oxygen atoms in total.